The maximum Gasteiger partial charge on any atom is 0.341 e. The van der Waals surface area contributed by atoms with Crippen molar-refractivity contribution in [1.82, 2.24) is 0 Å². The van der Waals surface area contributed by atoms with Gasteiger partial charge in [0.05, 0.1) is 19.8 Å². The summed E-state index contributed by atoms with van der Waals surface area (Å²) in [4.78, 5) is 23.6. The standard InChI is InChI=1S/C23H19F2NO4/c1-29-22(27)15-5-3-6-17(11-15)26-13-16-10-9-14(12-20(16)25)18-7-4-8-19(24)21(18)23(28)30-2/h3-12,26H,13H2,1-2H3. The molecule has 0 saturated carbocycles. The summed E-state index contributed by atoms with van der Waals surface area (Å²) in [6.07, 6.45) is 0. The van der Waals surface area contributed by atoms with Gasteiger partial charge in [0, 0.05) is 17.8 Å². The summed E-state index contributed by atoms with van der Waals surface area (Å²) < 4.78 is 38.2. The molecule has 0 atom stereocenters. The fourth-order valence-electron chi connectivity index (χ4n) is 3.00. The van der Waals surface area contributed by atoms with E-state index < -0.39 is 23.6 Å². The fraction of sp³-hybridized carbons (Fsp3) is 0.130. The highest BCUT2D eigenvalue weighted by Crippen LogP contribution is 2.28. The second-order valence-corrected chi connectivity index (χ2v) is 6.39. The number of carbonyl (C=O) groups is 2. The normalized spacial score (nSPS) is 10.4. The van der Waals surface area contributed by atoms with Gasteiger partial charge >= 0.3 is 11.9 Å². The molecule has 0 aliphatic heterocycles. The van der Waals surface area contributed by atoms with E-state index in [0.717, 1.165) is 13.2 Å². The van der Waals surface area contributed by atoms with Crippen LogP contribution in [0.2, 0.25) is 0 Å². The first kappa shape index (κ1) is 21.0. The van der Waals surface area contributed by atoms with E-state index in [-0.39, 0.29) is 17.7 Å². The first-order valence-corrected chi connectivity index (χ1v) is 9.02. The second-order valence-electron chi connectivity index (χ2n) is 6.39. The molecular formula is C23H19F2NO4. The number of hydrogen-bond donors (Lipinski definition) is 1. The van der Waals surface area contributed by atoms with Crippen LogP contribution in [-0.4, -0.2) is 26.2 Å². The predicted molar refractivity (Wildman–Crippen MR) is 108 cm³/mol. The van der Waals surface area contributed by atoms with Crippen LogP contribution in [0.5, 0.6) is 0 Å². The molecule has 7 heteroatoms. The maximum atomic E-state index is 14.7. The molecule has 0 amide bonds. The molecular weight excluding hydrogens is 392 g/mol. The molecule has 0 aromatic heterocycles. The Balaban J connectivity index is 1.83. The monoisotopic (exact) mass is 411 g/mol. The summed E-state index contributed by atoms with van der Waals surface area (Å²) in [6.45, 7) is 0.156. The predicted octanol–water partition coefficient (Wildman–Crippen LogP) is 4.82. The Kier molecular flexibility index (Phi) is 6.41. The molecule has 0 bridgehead atoms. The van der Waals surface area contributed by atoms with E-state index in [9.17, 15) is 18.4 Å². The van der Waals surface area contributed by atoms with Crippen molar-refractivity contribution in [3.8, 4) is 11.1 Å². The molecule has 5 nitrogen and oxygen atoms in total. The van der Waals surface area contributed by atoms with Crippen molar-refractivity contribution in [2.45, 2.75) is 6.54 Å². The van der Waals surface area contributed by atoms with E-state index in [1.165, 1.54) is 25.3 Å². The minimum atomic E-state index is -0.834. The molecule has 3 aromatic carbocycles. The quantitative estimate of drug-likeness (QED) is 0.590. The van der Waals surface area contributed by atoms with E-state index in [1.807, 2.05) is 0 Å². The maximum absolute atomic E-state index is 14.7. The molecule has 0 aliphatic rings. The lowest BCUT2D eigenvalue weighted by molar-refractivity contribution is 0.0589. The summed E-state index contributed by atoms with van der Waals surface area (Å²) in [5.74, 6) is -2.56. The van der Waals surface area contributed by atoms with Crippen LogP contribution in [0.1, 0.15) is 26.3 Å². The van der Waals surface area contributed by atoms with Crippen molar-refractivity contribution in [2.24, 2.45) is 0 Å². The summed E-state index contributed by atoms with van der Waals surface area (Å²) >= 11 is 0. The fourth-order valence-corrected chi connectivity index (χ4v) is 3.00. The van der Waals surface area contributed by atoms with Gasteiger partial charge in [0.2, 0.25) is 0 Å². The summed E-state index contributed by atoms with van der Waals surface area (Å²) in [7, 11) is 2.45. The van der Waals surface area contributed by atoms with Crippen molar-refractivity contribution < 1.29 is 27.8 Å². The molecule has 3 aromatic rings. The van der Waals surface area contributed by atoms with E-state index in [4.69, 9.17) is 0 Å². The summed E-state index contributed by atoms with van der Waals surface area (Å²) in [5.41, 5.74) is 1.71. The van der Waals surface area contributed by atoms with Crippen molar-refractivity contribution in [3.05, 3.63) is 89.0 Å². The zero-order valence-corrected chi connectivity index (χ0v) is 16.4. The lowest BCUT2D eigenvalue weighted by Gasteiger charge is -2.12. The number of esters is 2. The number of carbonyl (C=O) groups excluding carboxylic acids is 2. The van der Waals surface area contributed by atoms with E-state index in [2.05, 4.69) is 14.8 Å². The number of anilines is 1. The Morgan fingerprint density at radius 3 is 2.30 bits per heavy atom. The van der Waals surface area contributed by atoms with Crippen molar-refractivity contribution >= 4 is 17.6 Å². The molecule has 1 N–H and O–H groups in total. The molecule has 0 saturated heterocycles. The number of hydrogen-bond acceptors (Lipinski definition) is 5. The van der Waals surface area contributed by atoms with Crippen LogP contribution in [0.25, 0.3) is 11.1 Å². The van der Waals surface area contributed by atoms with Crippen molar-refractivity contribution in [3.63, 3.8) is 0 Å². The average Bonchev–Trinajstić information content (AvgIpc) is 2.77. The Bertz CT molecular complexity index is 1100. The Hall–Kier alpha value is -3.74. The molecule has 0 aliphatic carbocycles. The van der Waals surface area contributed by atoms with Gasteiger partial charge in [-0.3, -0.25) is 0 Å². The van der Waals surface area contributed by atoms with Gasteiger partial charge in [0.25, 0.3) is 0 Å². The first-order valence-electron chi connectivity index (χ1n) is 9.02. The zero-order chi connectivity index (χ0) is 21.7. The third-order valence-electron chi connectivity index (χ3n) is 4.53. The van der Waals surface area contributed by atoms with E-state index >= 15 is 0 Å². The van der Waals surface area contributed by atoms with Crippen LogP contribution >= 0.6 is 0 Å². The molecule has 0 unspecified atom stereocenters. The van der Waals surface area contributed by atoms with Gasteiger partial charge in [-0.25, -0.2) is 18.4 Å². The number of halogens is 2. The Labute approximate surface area is 172 Å². The van der Waals surface area contributed by atoms with Gasteiger partial charge in [-0.05, 0) is 41.5 Å². The SMILES string of the molecule is COC(=O)c1cccc(NCc2ccc(-c3cccc(F)c3C(=O)OC)cc2F)c1. The number of nitrogens with one attached hydrogen (secondary N) is 1. The summed E-state index contributed by atoms with van der Waals surface area (Å²) in [6, 6.07) is 15.2. The largest absolute Gasteiger partial charge is 0.465 e. The van der Waals surface area contributed by atoms with Gasteiger partial charge < -0.3 is 14.8 Å². The number of benzene rings is 3. The zero-order valence-electron chi connectivity index (χ0n) is 16.4. The van der Waals surface area contributed by atoms with Crippen LogP contribution in [0.4, 0.5) is 14.5 Å². The van der Waals surface area contributed by atoms with Crippen molar-refractivity contribution in [2.75, 3.05) is 19.5 Å². The van der Waals surface area contributed by atoms with Crippen molar-refractivity contribution in [1.29, 1.82) is 0 Å². The van der Waals surface area contributed by atoms with Gasteiger partial charge in [-0.1, -0.05) is 30.3 Å². The highest BCUT2D eigenvalue weighted by molar-refractivity contribution is 5.97. The third-order valence-corrected chi connectivity index (χ3v) is 4.53. The molecule has 0 heterocycles. The van der Waals surface area contributed by atoms with Crippen LogP contribution < -0.4 is 5.32 Å². The Morgan fingerprint density at radius 2 is 1.60 bits per heavy atom. The highest BCUT2D eigenvalue weighted by Gasteiger charge is 2.19. The number of ether oxygens (including phenoxy) is 2. The molecule has 0 fully saturated rings. The van der Waals surface area contributed by atoms with Gasteiger partial charge in [-0.2, -0.15) is 0 Å². The topological polar surface area (TPSA) is 64.6 Å². The molecule has 0 spiro atoms. The van der Waals surface area contributed by atoms with Gasteiger partial charge in [0.15, 0.2) is 0 Å². The number of methoxy groups -OCH3 is 2. The van der Waals surface area contributed by atoms with Gasteiger partial charge in [0.1, 0.15) is 17.2 Å². The second kappa shape index (κ2) is 9.17. The molecule has 154 valence electrons. The van der Waals surface area contributed by atoms with Crippen LogP contribution in [-0.2, 0) is 16.0 Å². The lowest BCUT2D eigenvalue weighted by atomic mass is 9.98. The Morgan fingerprint density at radius 1 is 0.867 bits per heavy atom. The lowest BCUT2D eigenvalue weighted by Crippen LogP contribution is -2.07. The van der Waals surface area contributed by atoms with Crippen LogP contribution in [0.3, 0.4) is 0 Å². The molecule has 0 radical (unpaired) electrons. The summed E-state index contributed by atoms with van der Waals surface area (Å²) in [5, 5.41) is 3.05. The van der Waals surface area contributed by atoms with E-state index in [1.54, 1.807) is 36.4 Å². The highest BCUT2D eigenvalue weighted by atomic mass is 19.1. The van der Waals surface area contributed by atoms with Gasteiger partial charge in [-0.15, -0.1) is 0 Å². The van der Waals surface area contributed by atoms with Crippen LogP contribution in [0, 0.1) is 11.6 Å². The molecule has 30 heavy (non-hydrogen) atoms. The molecule has 3 rings (SSSR count). The van der Waals surface area contributed by atoms with Crippen LogP contribution in [0.15, 0.2) is 60.7 Å². The third kappa shape index (κ3) is 4.46. The minimum absolute atomic E-state index is 0.156. The first-order chi connectivity index (χ1) is 14.4. The smallest absolute Gasteiger partial charge is 0.341 e. The minimum Gasteiger partial charge on any atom is -0.465 e. The van der Waals surface area contributed by atoms with E-state index in [0.29, 0.717) is 22.4 Å². The number of rotatable bonds is 6. The average molecular weight is 411 g/mol.